The highest BCUT2D eigenvalue weighted by molar-refractivity contribution is 7.18. The summed E-state index contributed by atoms with van der Waals surface area (Å²) in [7, 11) is 0. The molecule has 2 heterocycles. The maximum Gasteiger partial charge on any atom is 0.261 e. The van der Waals surface area contributed by atoms with Crippen LogP contribution in [0.4, 0.5) is 10.7 Å². The minimum absolute atomic E-state index is 0.0956. The van der Waals surface area contributed by atoms with Crippen molar-refractivity contribution in [1.29, 1.82) is 0 Å². The number of benzene rings is 1. The summed E-state index contributed by atoms with van der Waals surface area (Å²) in [6.07, 6.45) is 5.77. The van der Waals surface area contributed by atoms with E-state index in [2.05, 4.69) is 47.5 Å². The van der Waals surface area contributed by atoms with Gasteiger partial charge in [0.1, 0.15) is 0 Å². The van der Waals surface area contributed by atoms with E-state index in [0.29, 0.717) is 6.04 Å². The van der Waals surface area contributed by atoms with Gasteiger partial charge in [-0.25, -0.2) is 0 Å². The summed E-state index contributed by atoms with van der Waals surface area (Å²) < 4.78 is 0. The van der Waals surface area contributed by atoms with Crippen molar-refractivity contribution < 1.29 is 4.79 Å². The van der Waals surface area contributed by atoms with Gasteiger partial charge in [0, 0.05) is 18.3 Å². The molecule has 1 N–H and O–H groups in total. The Morgan fingerprint density at radius 1 is 1.12 bits per heavy atom. The highest BCUT2D eigenvalue weighted by atomic mass is 32.1. The molecular formula is C20H24N2OS. The van der Waals surface area contributed by atoms with E-state index in [4.69, 9.17) is 0 Å². The molecule has 1 fully saturated rings. The molecule has 1 aromatic carbocycles. The lowest BCUT2D eigenvalue weighted by Gasteiger charge is -2.26. The van der Waals surface area contributed by atoms with Crippen molar-refractivity contribution >= 4 is 27.9 Å². The van der Waals surface area contributed by atoms with Crippen LogP contribution in [0.3, 0.4) is 0 Å². The average Bonchev–Trinajstić information content (AvgIpc) is 3.23. The Morgan fingerprint density at radius 2 is 1.92 bits per heavy atom. The standard InChI is InChI=1S/C20H24N2OS/c1-14-6-8-16(9-7-14)21-20(23)18-10-11-19(24-18)22-13-12-15-4-2-3-5-17(15)22/h2-5,10-11,14,16H,6-9,12-13H2,1H3,(H,21,23). The van der Waals surface area contributed by atoms with Crippen LogP contribution in [0.25, 0.3) is 0 Å². The van der Waals surface area contributed by atoms with Crippen LogP contribution in [0.5, 0.6) is 0 Å². The maximum atomic E-state index is 12.5. The van der Waals surface area contributed by atoms with E-state index in [0.717, 1.165) is 36.6 Å². The zero-order chi connectivity index (χ0) is 16.5. The minimum atomic E-state index is 0.0956. The first kappa shape index (κ1) is 15.7. The van der Waals surface area contributed by atoms with Crippen LogP contribution in [0.1, 0.15) is 47.8 Å². The normalized spacial score (nSPS) is 23.1. The molecule has 4 heteroatoms. The van der Waals surface area contributed by atoms with Crippen molar-refractivity contribution in [3.05, 3.63) is 46.8 Å². The van der Waals surface area contributed by atoms with Crippen LogP contribution < -0.4 is 10.2 Å². The van der Waals surface area contributed by atoms with Crippen LogP contribution >= 0.6 is 11.3 Å². The maximum absolute atomic E-state index is 12.5. The lowest BCUT2D eigenvalue weighted by Crippen LogP contribution is -2.36. The van der Waals surface area contributed by atoms with Gasteiger partial charge in [0.15, 0.2) is 0 Å². The Balaban J connectivity index is 1.44. The molecule has 1 saturated carbocycles. The molecule has 1 aliphatic carbocycles. The average molecular weight is 340 g/mol. The second-order valence-corrected chi connectivity index (χ2v) is 8.16. The predicted octanol–water partition coefficient (Wildman–Crippen LogP) is 4.75. The first-order valence-electron chi connectivity index (χ1n) is 8.97. The van der Waals surface area contributed by atoms with Gasteiger partial charge in [0.25, 0.3) is 5.91 Å². The van der Waals surface area contributed by atoms with E-state index < -0.39 is 0 Å². The first-order valence-corrected chi connectivity index (χ1v) is 9.78. The van der Waals surface area contributed by atoms with Crippen molar-refractivity contribution in [3.8, 4) is 0 Å². The number of carbonyl (C=O) groups excluding carboxylic acids is 1. The fraction of sp³-hybridized carbons (Fsp3) is 0.450. The Bertz CT molecular complexity index is 731. The molecule has 1 aromatic heterocycles. The number of fused-ring (bicyclic) bond motifs is 1. The molecule has 1 amide bonds. The molecule has 0 saturated heterocycles. The number of nitrogens with zero attached hydrogens (tertiary/aromatic N) is 1. The molecule has 2 aromatic rings. The summed E-state index contributed by atoms with van der Waals surface area (Å²) in [5.41, 5.74) is 2.68. The lowest BCUT2D eigenvalue weighted by atomic mass is 9.87. The Morgan fingerprint density at radius 3 is 2.75 bits per heavy atom. The number of amides is 1. The monoisotopic (exact) mass is 340 g/mol. The minimum Gasteiger partial charge on any atom is -0.349 e. The molecule has 0 radical (unpaired) electrons. The second kappa shape index (κ2) is 6.60. The number of thiophene rings is 1. The van der Waals surface area contributed by atoms with E-state index in [-0.39, 0.29) is 5.91 Å². The molecule has 0 bridgehead atoms. The van der Waals surface area contributed by atoms with Crippen molar-refractivity contribution in [2.75, 3.05) is 11.4 Å². The van der Waals surface area contributed by atoms with E-state index in [9.17, 15) is 4.79 Å². The van der Waals surface area contributed by atoms with Crippen molar-refractivity contribution in [1.82, 2.24) is 5.32 Å². The van der Waals surface area contributed by atoms with Gasteiger partial charge < -0.3 is 10.2 Å². The SMILES string of the molecule is CC1CCC(NC(=O)c2ccc(N3CCc4ccccc43)s2)CC1. The zero-order valence-corrected chi connectivity index (χ0v) is 14.9. The second-order valence-electron chi connectivity index (χ2n) is 7.10. The highest BCUT2D eigenvalue weighted by Crippen LogP contribution is 2.38. The van der Waals surface area contributed by atoms with E-state index in [1.807, 2.05) is 6.07 Å². The summed E-state index contributed by atoms with van der Waals surface area (Å²) in [6.45, 7) is 3.30. The largest absolute Gasteiger partial charge is 0.349 e. The summed E-state index contributed by atoms with van der Waals surface area (Å²) >= 11 is 1.60. The van der Waals surface area contributed by atoms with Crippen molar-refractivity contribution in [2.24, 2.45) is 5.92 Å². The van der Waals surface area contributed by atoms with E-state index in [1.54, 1.807) is 11.3 Å². The highest BCUT2D eigenvalue weighted by Gasteiger charge is 2.24. The molecule has 3 nitrogen and oxygen atoms in total. The molecule has 24 heavy (non-hydrogen) atoms. The topological polar surface area (TPSA) is 32.3 Å². The molecule has 1 aliphatic heterocycles. The molecular weight excluding hydrogens is 316 g/mol. The van der Waals surface area contributed by atoms with Crippen LogP contribution in [0.2, 0.25) is 0 Å². The summed E-state index contributed by atoms with van der Waals surface area (Å²) in [6, 6.07) is 13.0. The van der Waals surface area contributed by atoms with Crippen molar-refractivity contribution in [2.45, 2.75) is 45.1 Å². The number of rotatable bonds is 3. The van der Waals surface area contributed by atoms with Gasteiger partial charge in [-0.1, -0.05) is 25.1 Å². The van der Waals surface area contributed by atoms with Gasteiger partial charge in [-0.15, -0.1) is 11.3 Å². The lowest BCUT2D eigenvalue weighted by molar-refractivity contribution is 0.0927. The summed E-state index contributed by atoms with van der Waals surface area (Å²) in [5, 5.41) is 4.40. The van der Waals surface area contributed by atoms with Gasteiger partial charge in [-0.3, -0.25) is 4.79 Å². The van der Waals surface area contributed by atoms with Gasteiger partial charge >= 0.3 is 0 Å². The molecule has 0 spiro atoms. The number of para-hydroxylation sites is 1. The third-order valence-corrected chi connectivity index (χ3v) is 6.43. The fourth-order valence-electron chi connectivity index (χ4n) is 3.82. The third-order valence-electron chi connectivity index (χ3n) is 5.32. The number of hydrogen-bond acceptors (Lipinski definition) is 3. The molecule has 126 valence electrons. The zero-order valence-electron chi connectivity index (χ0n) is 14.1. The van der Waals surface area contributed by atoms with Gasteiger partial charge in [0.2, 0.25) is 0 Å². The van der Waals surface area contributed by atoms with Gasteiger partial charge in [-0.2, -0.15) is 0 Å². The van der Waals surface area contributed by atoms with Gasteiger partial charge in [0.05, 0.1) is 9.88 Å². The van der Waals surface area contributed by atoms with E-state index >= 15 is 0 Å². The third kappa shape index (κ3) is 3.07. The van der Waals surface area contributed by atoms with Crippen LogP contribution in [-0.2, 0) is 6.42 Å². The fourth-order valence-corrected chi connectivity index (χ4v) is 4.77. The van der Waals surface area contributed by atoms with E-state index in [1.165, 1.54) is 29.1 Å². The van der Waals surface area contributed by atoms with Crippen molar-refractivity contribution in [3.63, 3.8) is 0 Å². The molecule has 2 aliphatic rings. The van der Waals surface area contributed by atoms with Gasteiger partial charge in [-0.05, 0) is 61.8 Å². The number of hydrogen-bond donors (Lipinski definition) is 1. The Labute approximate surface area is 147 Å². The predicted molar refractivity (Wildman–Crippen MR) is 100 cm³/mol. The van der Waals surface area contributed by atoms with Crippen LogP contribution in [0, 0.1) is 5.92 Å². The van der Waals surface area contributed by atoms with Crippen LogP contribution in [0.15, 0.2) is 36.4 Å². The summed E-state index contributed by atoms with van der Waals surface area (Å²) in [5.74, 6) is 0.903. The number of anilines is 2. The molecule has 0 atom stereocenters. The van der Waals surface area contributed by atoms with Crippen LogP contribution in [-0.4, -0.2) is 18.5 Å². The molecule has 4 rings (SSSR count). The number of nitrogens with one attached hydrogen (secondary N) is 1. The number of carbonyl (C=O) groups is 1. The quantitative estimate of drug-likeness (QED) is 0.874. The Kier molecular flexibility index (Phi) is 4.31. The first-order chi connectivity index (χ1) is 11.7. The smallest absolute Gasteiger partial charge is 0.261 e. The summed E-state index contributed by atoms with van der Waals surface area (Å²) in [4.78, 5) is 15.7. The Hall–Kier alpha value is -1.81. The molecule has 0 unspecified atom stereocenters.